The summed E-state index contributed by atoms with van der Waals surface area (Å²) in [7, 11) is 0. The third-order valence-corrected chi connectivity index (χ3v) is 6.53. The van der Waals surface area contributed by atoms with Crippen molar-refractivity contribution in [3.8, 4) is 9.88 Å². The first-order chi connectivity index (χ1) is 15.1. The molecule has 1 aliphatic rings. The number of nitrogens with zero attached hydrogens (tertiary/aromatic N) is 4. The number of rotatable bonds is 5. The highest BCUT2D eigenvalue weighted by atomic mass is 32.1. The van der Waals surface area contributed by atoms with Gasteiger partial charge in [-0.15, -0.1) is 21.5 Å². The number of hydrogen-bond acceptors (Lipinski definition) is 8. The van der Waals surface area contributed by atoms with Crippen molar-refractivity contribution in [2.75, 3.05) is 5.32 Å². The zero-order valence-electron chi connectivity index (χ0n) is 15.8. The van der Waals surface area contributed by atoms with E-state index in [2.05, 4.69) is 20.5 Å². The van der Waals surface area contributed by atoms with E-state index < -0.39 is 17.7 Å². The van der Waals surface area contributed by atoms with Crippen LogP contribution in [0.2, 0.25) is 0 Å². The SMILES string of the molecule is O=C(Nc1nnc(-c2cccs2)s1)c1ccc2c(c1)C(=O)N(Cc1ccccn1)C2=O. The molecule has 1 N–H and O–H groups in total. The topological polar surface area (TPSA) is 105 Å². The normalized spacial score (nSPS) is 12.8. The van der Waals surface area contributed by atoms with Gasteiger partial charge in [0.15, 0.2) is 5.01 Å². The van der Waals surface area contributed by atoms with Crippen LogP contribution in [-0.2, 0) is 6.54 Å². The molecule has 3 amide bonds. The maximum atomic E-state index is 12.8. The highest BCUT2D eigenvalue weighted by Gasteiger charge is 2.36. The number of amides is 3. The lowest BCUT2D eigenvalue weighted by Gasteiger charge is -2.12. The van der Waals surface area contributed by atoms with E-state index in [4.69, 9.17) is 0 Å². The molecule has 4 aromatic rings. The van der Waals surface area contributed by atoms with Gasteiger partial charge < -0.3 is 0 Å². The van der Waals surface area contributed by atoms with Gasteiger partial charge in [-0.1, -0.05) is 23.5 Å². The molecule has 0 saturated heterocycles. The number of anilines is 1. The van der Waals surface area contributed by atoms with Crippen LogP contribution < -0.4 is 5.32 Å². The fraction of sp³-hybridized carbons (Fsp3) is 0.0476. The van der Waals surface area contributed by atoms with Crippen LogP contribution in [-0.4, -0.2) is 37.8 Å². The Labute approximate surface area is 184 Å². The van der Waals surface area contributed by atoms with Gasteiger partial charge in [0.25, 0.3) is 17.7 Å². The molecule has 8 nitrogen and oxygen atoms in total. The number of carbonyl (C=O) groups is 3. The Kier molecular flexibility index (Phi) is 4.85. The molecule has 5 rings (SSSR count). The zero-order valence-corrected chi connectivity index (χ0v) is 17.4. The fourth-order valence-corrected chi connectivity index (χ4v) is 4.70. The lowest BCUT2D eigenvalue weighted by molar-refractivity contribution is 0.0640. The van der Waals surface area contributed by atoms with E-state index in [0.29, 0.717) is 15.8 Å². The Morgan fingerprint density at radius 2 is 1.87 bits per heavy atom. The van der Waals surface area contributed by atoms with E-state index >= 15 is 0 Å². The number of aromatic nitrogens is 3. The van der Waals surface area contributed by atoms with Crippen molar-refractivity contribution in [1.82, 2.24) is 20.1 Å². The third-order valence-electron chi connectivity index (χ3n) is 4.66. The van der Waals surface area contributed by atoms with Crippen molar-refractivity contribution in [3.05, 3.63) is 82.5 Å². The Morgan fingerprint density at radius 1 is 1.00 bits per heavy atom. The first-order valence-electron chi connectivity index (χ1n) is 9.19. The van der Waals surface area contributed by atoms with E-state index in [1.807, 2.05) is 17.5 Å². The van der Waals surface area contributed by atoms with E-state index in [0.717, 1.165) is 9.78 Å². The molecule has 0 unspecified atom stereocenters. The standard InChI is InChI=1S/C21H13N5O3S2/c27-17(23-21-25-24-18(31-21)16-5-3-9-30-16)12-6-7-14-15(10-12)20(29)26(19(14)28)11-13-4-1-2-8-22-13/h1-10H,11H2,(H,23,25,27). The minimum atomic E-state index is -0.448. The van der Waals surface area contributed by atoms with E-state index in [9.17, 15) is 14.4 Å². The molecule has 152 valence electrons. The Hall–Kier alpha value is -3.76. The number of hydrogen-bond donors (Lipinski definition) is 1. The summed E-state index contributed by atoms with van der Waals surface area (Å²) < 4.78 is 0. The molecule has 3 aromatic heterocycles. The average Bonchev–Trinajstić information content (AvgIpc) is 3.52. The third kappa shape index (κ3) is 3.62. The largest absolute Gasteiger partial charge is 0.296 e. The van der Waals surface area contributed by atoms with Crippen molar-refractivity contribution in [1.29, 1.82) is 0 Å². The van der Waals surface area contributed by atoms with Gasteiger partial charge in [0, 0.05) is 11.8 Å². The first-order valence-corrected chi connectivity index (χ1v) is 10.9. The summed E-state index contributed by atoms with van der Waals surface area (Å²) in [6, 6.07) is 13.6. The summed E-state index contributed by atoms with van der Waals surface area (Å²) >= 11 is 2.80. The minimum absolute atomic E-state index is 0.0744. The highest BCUT2D eigenvalue weighted by Crippen LogP contribution is 2.30. The van der Waals surface area contributed by atoms with Crippen LogP contribution in [0.5, 0.6) is 0 Å². The van der Waals surface area contributed by atoms with E-state index in [1.165, 1.54) is 40.9 Å². The maximum absolute atomic E-state index is 12.8. The van der Waals surface area contributed by atoms with Crippen LogP contribution in [0, 0.1) is 0 Å². The Balaban J connectivity index is 1.34. The van der Waals surface area contributed by atoms with Gasteiger partial charge in [-0.2, -0.15) is 0 Å². The van der Waals surface area contributed by atoms with Gasteiger partial charge in [0.2, 0.25) is 5.13 Å². The Morgan fingerprint density at radius 3 is 2.65 bits per heavy atom. The van der Waals surface area contributed by atoms with E-state index in [1.54, 1.807) is 24.4 Å². The maximum Gasteiger partial charge on any atom is 0.261 e. The van der Waals surface area contributed by atoms with E-state index in [-0.39, 0.29) is 23.2 Å². The van der Waals surface area contributed by atoms with Crippen LogP contribution >= 0.6 is 22.7 Å². The summed E-state index contributed by atoms with van der Waals surface area (Å²) in [5, 5.41) is 13.8. The highest BCUT2D eigenvalue weighted by molar-refractivity contribution is 7.23. The van der Waals surface area contributed by atoms with Crippen molar-refractivity contribution in [2.24, 2.45) is 0 Å². The molecule has 0 fully saturated rings. The van der Waals surface area contributed by atoms with Crippen LogP contribution in [0.1, 0.15) is 36.8 Å². The number of imide groups is 1. The molecular weight excluding hydrogens is 434 g/mol. The fourth-order valence-electron chi connectivity index (χ4n) is 3.17. The van der Waals surface area contributed by atoms with Crippen LogP contribution in [0.15, 0.2) is 60.1 Å². The monoisotopic (exact) mass is 447 g/mol. The molecule has 0 aliphatic carbocycles. The molecule has 0 bridgehead atoms. The van der Waals surface area contributed by atoms with Crippen molar-refractivity contribution < 1.29 is 14.4 Å². The second-order valence-corrected chi connectivity index (χ2v) is 8.55. The van der Waals surface area contributed by atoms with Crippen molar-refractivity contribution >= 4 is 45.5 Å². The quantitative estimate of drug-likeness (QED) is 0.468. The number of fused-ring (bicyclic) bond motifs is 1. The van der Waals surface area contributed by atoms with Crippen LogP contribution in [0.4, 0.5) is 5.13 Å². The molecule has 1 aliphatic heterocycles. The zero-order chi connectivity index (χ0) is 21.4. The summed E-state index contributed by atoms with van der Waals surface area (Å²) in [5.41, 5.74) is 1.33. The molecule has 0 spiro atoms. The second kappa shape index (κ2) is 7.82. The molecule has 0 radical (unpaired) electrons. The number of pyridine rings is 1. The first kappa shape index (κ1) is 19.2. The van der Waals surface area contributed by atoms with Gasteiger partial charge in [0.05, 0.1) is 28.2 Å². The summed E-state index contributed by atoms with van der Waals surface area (Å²) in [5.74, 6) is -1.28. The molecule has 31 heavy (non-hydrogen) atoms. The molecule has 1 aromatic carbocycles. The average molecular weight is 448 g/mol. The second-order valence-electron chi connectivity index (χ2n) is 6.62. The van der Waals surface area contributed by atoms with Gasteiger partial charge >= 0.3 is 0 Å². The number of carbonyl (C=O) groups excluding carboxylic acids is 3. The number of benzene rings is 1. The summed E-state index contributed by atoms with van der Waals surface area (Å²) in [4.78, 5) is 44.4. The predicted octanol–water partition coefficient (Wildman–Crippen LogP) is 3.71. The van der Waals surface area contributed by atoms with Gasteiger partial charge in [-0.3, -0.25) is 29.6 Å². The van der Waals surface area contributed by atoms with Gasteiger partial charge in [-0.05, 0) is 41.8 Å². The smallest absolute Gasteiger partial charge is 0.261 e. The lowest BCUT2D eigenvalue weighted by atomic mass is 10.1. The van der Waals surface area contributed by atoms with Crippen LogP contribution in [0.25, 0.3) is 9.88 Å². The van der Waals surface area contributed by atoms with Crippen molar-refractivity contribution in [3.63, 3.8) is 0 Å². The number of nitrogens with one attached hydrogen (secondary N) is 1. The molecule has 4 heterocycles. The summed E-state index contributed by atoms with van der Waals surface area (Å²) in [6.07, 6.45) is 1.60. The van der Waals surface area contributed by atoms with Gasteiger partial charge in [-0.25, -0.2) is 0 Å². The van der Waals surface area contributed by atoms with Crippen LogP contribution in [0.3, 0.4) is 0 Å². The molecule has 10 heteroatoms. The lowest BCUT2D eigenvalue weighted by Crippen LogP contribution is -2.29. The summed E-state index contributed by atoms with van der Waals surface area (Å²) in [6.45, 7) is 0.0744. The molecule has 0 saturated carbocycles. The minimum Gasteiger partial charge on any atom is -0.296 e. The predicted molar refractivity (Wildman–Crippen MR) is 116 cm³/mol. The Bertz CT molecular complexity index is 1300. The van der Waals surface area contributed by atoms with Gasteiger partial charge in [0.1, 0.15) is 0 Å². The molecule has 0 atom stereocenters. The van der Waals surface area contributed by atoms with Crippen molar-refractivity contribution in [2.45, 2.75) is 6.54 Å². The molecular formula is C21H13N5O3S2. The number of thiophene rings is 1.